The van der Waals surface area contributed by atoms with Gasteiger partial charge in [-0.2, -0.15) is 0 Å². The molecule has 0 atom stereocenters. The van der Waals surface area contributed by atoms with Gasteiger partial charge in [-0.05, 0) is 46.6 Å². The number of aryl methyl sites for hydroxylation is 1. The highest BCUT2D eigenvalue weighted by Gasteiger charge is 2.22. The molecule has 0 bridgehead atoms. The third-order valence-electron chi connectivity index (χ3n) is 3.59. The smallest absolute Gasteiger partial charge is 0.293 e. The Morgan fingerprint density at radius 1 is 1.23 bits per heavy atom. The van der Waals surface area contributed by atoms with Crippen molar-refractivity contribution in [2.75, 3.05) is 17.3 Å². The largest absolute Gasteiger partial charge is 0.444 e. The van der Waals surface area contributed by atoms with Crippen molar-refractivity contribution in [3.8, 4) is 0 Å². The quantitative estimate of drug-likeness (QED) is 0.655. The van der Waals surface area contributed by atoms with E-state index >= 15 is 0 Å². The topological polar surface area (TPSA) is 88.3 Å². The van der Waals surface area contributed by atoms with E-state index in [9.17, 15) is 9.59 Å². The lowest BCUT2D eigenvalue weighted by molar-refractivity contribution is 0.0965. The highest BCUT2D eigenvalue weighted by atomic mass is 79.9. The SMILES string of the molecule is CCc1nnc(NC(=O)c2ccccc2N(C)C(=O)c2ccc(Br)o2)s1. The zero-order valence-corrected chi connectivity index (χ0v) is 16.4. The molecule has 26 heavy (non-hydrogen) atoms. The van der Waals surface area contributed by atoms with Crippen LogP contribution in [0.1, 0.15) is 32.8 Å². The summed E-state index contributed by atoms with van der Waals surface area (Å²) >= 11 is 4.50. The molecule has 0 saturated heterocycles. The molecule has 0 aliphatic heterocycles. The minimum absolute atomic E-state index is 0.172. The molecule has 0 spiro atoms. The summed E-state index contributed by atoms with van der Waals surface area (Å²) in [7, 11) is 1.59. The van der Waals surface area contributed by atoms with E-state index in [0.29, 0.717) is 21.1 Å². The van der Waals surface area contributed by atoms with Crippen molar-refractivity contribution in [2.45, 2.75) is 13.3 Å². The summed E-state index contributed by atoms with van der Waals surface area (Å²) in [6.45, 7) is 1.97. The summed E-state index contributed by atoms with van der Waals surface area (Å²) in [5, 5.41) is 11.9. The molecule has 3 aromatic rings. The first-order valence-electron chi connectivity index (χ1n) is 7.75. The van der Waals surface area contributed by atoms with E-state index in [1.165, 1.54) is 16.2 Å². The van der Waals surface area contributed by atoms with E-state index < -0.39 is 0 Å². The summed E-state index contributed by atoms with van der Waals surface area (Å²) in [6.07, 6.45) is 0.750. The molecular formula is C17H15BrN4O3S. The van der Waals surface area contributed by atoms with Gasteiger partial charge in [0.05, 0.1) is 11.3 Å². The summed E-state index contributed by atoms with van der Waals surface area (Å²) < 4.78 is 5.77. The second-order valence-electron chi connectivity index (χ2n) is 5.29. The minimum Gasteiger partial charge on any atom is -0.444 e. The van der Waals surface area contributed by atoms with E-state index in [0.717, 1.165) is 11.4 Å². The lowest BCUT2D eigenvalue weighted by Crippen LogP contribution is -2.28. The van der Waals surface area contributed by atoms with Crippen LogP contribution in [0.25, 0.3) is 0 Å². The molecular weight excluding hydrogens is 420 g/mol. The summed E-state index contributed by atoms with van der Waals surface area (Å²) in [6, 6.07) is 10.0. The molecule has 2 aromatic heterocycles. The van der Waals surface area contributed by atoms with Gasteiger partial charge in [0.15, 0.2) is 10.4 Å². The Balaban J connectivity index is 1.85. The van der Waals surface area contributed by atoms with Crippen LogP contribution < -0.4 is 10.2 Å². The van der Waals surface area contributed by atoms with Gasteiger partial charge in [0.25, 0.3) is 11.8 Å². The molecule has 0 fully saturated rings. The van der Waals surface area contributed by atoms with Crippen molar-refractivity contribution in [3.63, 3.8) is 0 Å². The maximum absolute atomic E-state index is 12.7. The van der Waals surface area contributed by atoms with Crippen molar-refractivity contribution in [1.29, 1.82) is 0 Å². The number of nitrogens with one attached hydrogen (secondary N) is 1. The Morgan fingerprint density at radius 3 is 2.65 bits per heavy atom. The predicted molar refractivity (Wildman–Crippen MR) is 103 cm³/mol. The van der Waals surface area contributed by atoms with Gasteiger partial charge in [0.1, 0.15) is 5.01 Å². The third-order valence-corrected chi connectivity index (χ3v) is 5.00. The molecule has 1 aromatic carbocycles. The zero-order chi connectivity index (χ0) is 18.7. The standard InChI is InChI=1S/C17H15BrN4O3S/c1-3-14-20-21-17(26-14)19-15(23)10-6-4-5-7-11(10)22(2)16(24)12-8-9-13(18)25-12/h4-9H,3H2,1-2H3,(H,19,21,23). The number of hydrogen-bond acceptors (Lipinski definition) is 6. The minimum atomic E-state index is -0.361. The van der Waals surface area contributed by atoms with Crippen LogP contribution in [0.5, 0.6) is 0 Å². The lowest BCUT2D eigenvalue weighted by Gasteiger charge is -2.19. The molecule has 2 heterocycles. The number of rotatable bonds is 5. The maximum atomic E-state index is 12.7. The average molecular weight is 435 g/mol. The Kier molecular flexibility index (Phi) is 5.48. The Labute approximate surface area is 162 Å². The van der Waals surface area contributed by atoms with E-state index in [1.54, 1.807) is 43.4 Å². The molecule has 0 aliphatic rings. The van der Waals surface area contributed by atoms with E-state index in [-0.39, 0.29) is 17.6 Å². The molecule has 3 rings (SSSR count). The van der Waals surface area contributed by atoms with Crippen LogP contribution in [-0.4, -0.2) is 29.1 Å². The number of aromatic nitrogens is 2. The number of benzene rings is 1. The summed E-state index contributed by atoms with van der Waals surface area (Å²) in [4.78, 5) is 26.6. The monoisotopic (exact) mass is 434 g/mol. The number of hydrogen-bond donors (Lipinski definition) is 1. The Bertz CT molecular complexity index is 953. The van der Waals surface area contributed by atoms with Gasteiger partial charge >= 0.3 is 0 Å². The van der Waals surface area contributed by atoms with Gasteiger partial charge < -0.3 is 9.32 Å². The van der Waals surface area contributed by atoms with E-state index in [2.05, 4.69) is 31.4 Å². The normalized spacial score (nSPS) is 10.6. The predicted octanol–water partition coefficient (Wildman–Crippen LogP) is 3.98. The highest BCUT2D eigenvalue weighted by molar-refractivity contribution is 9.10. The van der Waals surface area contributed by atoms with Crippen molar-refractivity contribution in [2.24, 2.45) is 0 Å². The van der Waals surface area contributed by atoms with Gasteiger partial charge in [-0.25, -0.2) is 0 Å². The average Bonchev–Trinajstić information content (AvgIpc) is 3.29. The van der Waals surface area contributed by atoms with Crippen LogP contribution in [0.4, 0.5) is 10.8 Å². The van der Waals surface area contributed by atoms with Crippen molar-refractivity contribution >= 4 is 49.9 Å². The van der Waals surface area contributed by atoms with Gasteiger partial charge in [-0.15, -0.1) is 10.2 Å². The number of carbonyl (C=O) groups is 2. The number of halogens is 1. The molecule has 0 saturated carbocycles. The number of carbonyl (C=O) groups excluding carboxylic acids is 2. The molecule has 2 amide bonds. The van der Waals surface area contributed by atoms with Crippen molar-refractivity contribution in [1.82, 2.24) is 10.2 Å². The fraction of sp³-hybridized carbons (Fsp3) is 0.176. The number of amides is 2. The van der Waals surface area contributed by atoms with Crippen LogP contribution in [0, 0.1) is 0 Å². The van der Waals surface area contributed by atoms with Gasteiger partial charge in [-0.1, -0.05) is 30.4 Å². The Morgan fingerprint density at radius 2 is 2.00 bits per heavy atom. The third kappa shape index (κ3) is 3.83. The lowest BCUT2D eigenvalue weighted by atomic mass is 10.1. The molecule has 134 valence electrons. The summed E-state index contributed by atoms with van der Waals surface area (Å²) in [5.41, 5.74) is 0.810. The van der Waals surface area contributed by atoms with Gasteiger partial charge in [0, 0.05) is 7.05 Å². The number of para-hydroxylation sites is 1. The van der Waals surface area contributed by atoms with Crippen LogP contribution in [0.2, 0.25) is 0 Å². The first-order chi connectivity index (χ1) is 12.5. The Hall–Kier alpha value is -2.52. The number of furan rings is 1. The number of anilines is 2. The fourth-order valence-electron chi connectivity index (χ4n) is 2.27. The van der Waals surface area contributed by atoms with Crippen molar-refractivity contribution < 1.29 is 14.0 Å². The molecule has 9 heteroatoms. The second kappa shape index (κ2) is 7.79. The van der Waals surface area contributed by atoms with E-state index in [1.807, 2.05) is 6.92 Å². The molecule has 1 N–H and O–H groups in total. The van der Waals surface area contributed by atoms with E-state index in [4.69, 9.17) is 4.42 Å². The van der Waals surface area contributed by atoms with Crippen LogP contribution in [0.15, 0.2) is 45.5 Å². The van der Waals surface area contributed by atoms with Gasteiger partial charge in [0.2, 0.25) is 5.13 Å². The molecule has 0 aliphatic carbocycles. The molecule has 7 nitrogen and oxygen atoms in total. The first-order valence-corrected chi connectivity index (χ1v) is 9.36. The molecule has 0 unspecified atom stereocenters. The number of nitrogens with zero attached hydrogens (tertiary/aromatic N) is 3. The van der Waals surface area contributed by atoms with Crippen LogP contribution in [0.3, 0.4) is 0 Å². The van der Waals surface area contributed by atoms with Crippen LogP contribution in [-0.2, 0) is 6.42 Å². The van der Waals surface area contributed by atoms with Gasteiger partial charge in [-0.3, -0.25) is 14.9 Å². The highest BCUT2D eigenvalue weighted by Crippen LogP contribution is 2.24. The maximum Gasteiger partial charge on any atom is 0.293 e. The van der Waals surface area contributed by atoms with Crippen LogP contribution >= 0.6 is 27.3 Å². The fourth-order valence-corrected chi connectivity index (χ4v) is 3.25. The molecule has 0 radical (unpaired) electrons. The van der Waals surface area contributed by atoms with Crippen molar-refractivity contribution in [3.05, 3.63) is 57.4 Å². The second-order valence-corrected chi connectivity index (χ2v) is 7.14. The zero-order valence-electron chi connectivity index (χ0n) is 14.0. The summed E-state index contributed by atoms with van der Waals surface area (Å²) in [5.74, 6) is -0.550. The first kappa shape index (κ1) is 18.3.